The molecule has 0 aliphatic rings. The Labute approximate surface area is 80.6 Å². The van der Waals surface area contributed by atoms with Gasteiger partial charge in [0.25, 0.3) is 5.56 Å². The third-order valence-corrected chi connectivity index (χ3v) is 1.73. The molecule has 1 aromatic carbocycles. The first-order valence-electron chi connectivity index (χ1n) is 4.22. The van der Waals surface area contributed by atoms with Gasteiger partial charge in [0.1, 0.15) is 0 Å². The topological polar surface area (TPSA) is 57.8 Å². The Kier molecular flexibility index (Phi) is 2.27. The predicted octanol–water partition coefficient (Wildman–Crippen LogP) is 1.51. The summed E-state index contributed by atoms with van der Waals surface area (Å²) >= 11 is 0. The zero-order valence-corrected chi connectivity index (χ0v) is 7.40. The molecule has 2 aromatic rings. The van der Waals surface area contributed by atoms with Gasteiger partial charge in [0, 0.05) is 11.8 Å². The summed E-state index contributed by atoms with van der Waals surface area (Å²) in [7, 11) is 0. The van der Waals surface area contributed by atoms with Crippen LogP contribution in [0.15, 0.2) is 47.3 Å². The van der Waals surface area contributed by atoms with E-state index in [1.165, 1.54) is 6.07 Å². The van der Waals surface area contributed by atoms with Crippen LogP contribution in [0.25, 0.3) is 0 Å². The van der Waals surface area contributed by atoms with Gasteiger partial charge in [-0.3, -0.25) is 4.79 Å². The van der Waals surface area contributed by atoms with E-state index in [-0.39, 0.29) is 5.56 Å². The standard InChI is InChI=1S/C10H9N3O/c14-10-7-6-9(12-13-10)11-8-4-2-1-3-5-8/h1-7H,(H,11,12)(H,13,14). The molecule has 0 unspecified atom stereocenters. The van der Waals surface area contributed by atoms with Crippen LogP contribution in [0.1, 0.15) is 0 Å². The molecule has 14 heavy (non-hydrogen) atoms. The number of anilines is 2. The summed E-state index contributed by atoms with van der Waals surface area (Å²) in [6.45, 7) is 0. The lowest BCUT2D eigenvalue weighted by Gasteiger charge is -2.02. The SMILES string of the molecule is O=c1ccc(Nc2ccccc2)n[nH]1. The number of nitrogens with one attached hydrogen (secondary N) is 2. The minimum absolute atomic E-state index is 0.205. The molecular weight excluding hydrogens is 178 g/mol. The second-order valence-electron chi connectivity index (χ2n) is 2.80. The summed E-state index contributed by atoms with van der Waals surface area (Å²) in [5, 5.41) is 9.23. The van der Waals surface area contributed by atoms with Gasteiger partial charge in [0.2, 0.25) is 0 Å². The van der Waals surface area contributed by atoms with Gasteiger partial charge in [-0.25, -0.2) is 5.10 Å². The Bertz CT molecular complexity index is 444. The Morgan fingerprint density at radius 1 is 1.07 bits per heavy atom. The van der Waals surface area contributed by atoms with Gasteiger partial charge < -0.3 is 5.32 Å². The molecule has 1 heterocycles. The number of H-pyrrole nitrogens is 1. The van der Waals surface area contributed by atoms with Crippen molar-refractivity contribution >= 4 is 11.5 Å². The largest absolute Gasteiger partial charge is 0.339 e. The lowest BCUT2D eigenvalue weighted by atomic mass is 10.3. The first-order valence-corrected chi connectivity index (χ1v) is 4.22. The summed E-state index contributed by atoms with van der Waals surface area (Å²) in [4.78, 5) is 10.7. The quantitative estimate of drug-likeness (QED) is 0.749. The van der Waals surface area contributed by atoms with Crippen molar-refractivity contribution in [3.05, 3.63) is 52.8 Å². The van der Waals surface area contributed by atoms with Crippen molar-refractivity contribution in [1.82, 2.24) is 10.2 Å². The van der Waals surface area contributed by atoms with Crippen LogP contribution in [0, 0.1) is 0 Å². The molecular formula is C10H9N3O. The Balaban J connectivity index is 2.19. The highest BCUT2D eigenvalue weighted by Crippen LogP contribution is 2.10. The second kappa shape index (κ2) is 3.74. The van der Waals surface area contributed by atoms with Crippen molar-refractivity contribution in [2.45, 2.75) is 0 Å². The smallest absolute Gasteiger partial charge is 0.264 e. The molecule has 0 saturated heterocycles. The highest BCUT2D eigenvalue weighted by molar-refractivity contribution is 5.54. The van der Waals surface area contributed by atoms with E-state index >= 15 is 0 Å². The molecule has 0 aliphatic carbocycles. The van der Waals surface area contributed by atoms with Crippen molar-refractivity contribution in [1.29, 1.82) is 0 Å². The number of hydrogen-bond acceptors (Lipinski definition) is 3. The normalized spacial score (nSPS) is 9.71. The van der Waals surface area contributed by atoms with Crippen molar-refractivity contribution in [2.75, 3.05) is 5.32 Å². The maximum Gasteiger partial charge on any atom is 0.264 e. The minimum Gasteiger partial charge on any atom is -0.339 e. The van der Waals surface area contributed by atoms with E-state index in [0.29, 0.717) is 5.82 Å². The molecule has 0 bridgehead atoms. The third-order valence-electron chi connectivity index (χ3n) is 1.73. The first kappa shape index (κ1) is 8.50. The maximum atomic E-state index is 10.7. The Morgan fingerprint density at radius 3 is 2.50 bits per heavy atom. The van der Waals surface area contributed by atoms with Crippen LogP contribution in [0.2, 0.25) is 0 Å². The van der Waals surface area contributed by atoms with Crippen molar-refractivity contribution in [3.8, 4) is 0 Å². The Morgan fingerprint density at radius 2 is 1.86 bits per heavy atom. The molecule has 0 saturated carbocycles. The number of para-hydroxylation sites is 1. The van der Waals surface area contributed by atoms with E-state index in [0.717, 1.165) is 5.69 Å². The molecule has 70 valence electrons. The number of aromatic nitrogens is 2. The number of hydrogen-bond donors (Lipinski definition) is 2. The van der Waals surface area contributed by atoms with Gasteiger partial charge in [-0.05, 0) is 18.2 Å². The number of benzene rings is 1. The van der Waals surface area contributed by atoms with Crippen LogP contribution in [0.4, 0.5) is 11.5 Å². The predicted molar refractivity (Wildman–Crippen MR) is 54.6 cm³/mol. The number of aromatic amines is 1. The average Bonchev–Trinajstić information content (AvgIpc) is 2.23. The average molecular weight is 187 g/mol. The van der Waals surface area contributed by atoms with E-state index < -0.39 is 0 Å². The summed E-state index contributed by atoms with van der Waals surface area (Å²) in [5.41, 5.74) is 0.732. The van der Waals surface area contributed by atoms with E-state index in [4.69, 9.17) is 0 Å². The van der Waals surface area contributed by atoms with Gasteiger partial charge in [0.05, 0.1) is 0 Å². The Hall–Kier alpha value is -2.10. The minimum atomic E-state index is -0.205. The summed E-state index contributed by atoms with van der Waals surface area (Å²) in [5.74, 6) is 0.621. The van der Waals surface area contributed by atoms with Gasteiger partial charge in [-0.2, -0.15) is 5.10 Å². The van der Waals surface area contributed by atoms with Crippen LogP contribution in [-0.4, -0.2) is 10.2 Å². The first-order chi connectivity index (χ1) is 6.84. The lowest BCUT2D eigenvalue weighted by Crippen LogP contribution is -2.06. The van der Waals surface area contributed by atoms with Gasteiger partial charge in [0.15, 0.2) is 5.82 Å². The van der Waals surface area contributed by atoms with Gasteiger partial charge in [-0.1, -0.05) is 18.2 Å². The molecule has 0 fully saturated rings. The number of nitrogens with zero attached hydrogens (tertiary/aromatic N) is 1. The molecule has 4 heteroatoms. The van der Waals surface area contributed by atoms with E-state index in [2.05, 4.69) is 15.5 Å². The maximum absolute atomic E-state index is 10.7. The van der Waals surface area contributed by atoms with Gasteiger partial charge >= 0.3 is 0 Å². The molecule has 0 amide bonds. The van der Waals surface area contributed by atoms with Crippen LogP contribution in [0.5, 0.6) is 0 Å². The summed E-state index contributed by atoms with van der Waals surface area (Å²) < 4.78 is 0. The van der Waals surface area contributed by atoms with E-state index in [1.807, 2.05) is 30.3 Å². The molecule has 2 rings (SSSR count). The number of rotatable bonds is 2. The fourth-order valence-corrected chi connectivity index (χ4v) is 1.08. The zero-order chi connectivity index (χ0) is 9.80. The molecule has 0 radical (unpaired) electrons. The van der Waals surface area contributed by atoms with E-state index in [9.17, 15) is 4.79 Å². The monoisotopic (exact) mass is 187 g/mol. The third kappa shape index (κ3) is 1.98. The van der Waals surface area contributed by atoms with Crippen LogP contribution in [0.3, 0.4) is 0 Å². The molecule has 4 nitrogen and oxygen atoms in total. The lowest BCUT2D eigenvalue weighted by molar-refractivity contribution is 0.994. The molecule has 1 aromatic heterocycles. The van der Waals surface area contributed by atoms with Crippen molar-refractivity contribution in [2.24, 2.45) is 0 Å². The second-order valence-corrected chi connectivity index (χ2v) is 2.80. The highest BCUT2D eigenvalue weighted by atomic mass is 16.1. The van der Waals surface area contributed by atoms with Crippen molar-refractivity contribution in [3.63, 3.8) is 0 Å². The van der Waals surface area contributed by atoms with Crippen LogP contribution in [-0.2, 0) is 0 Å². The molecule has 0 atom stereocenters. The molecule has 2 N–H and O–H groups in total. The van der Waals surface area contributed by atoms with E-state index in [1.54, 1.807) is 6.07 Å². The fraction of sp³-hybridized carbons (Fsp3) is 0. The molecule has 0 aliphatic heterocycles. The van der Waals surface area contributed by atoms with Crippen LogP contribution >= 0.6 is 0 Å². The highest BCUT2D eigenvalue weighted by Gasteiger charge is 1.93. The van der Waals surface area contributed by atoms with Crippen LogP contribution < -0.4 is 10.9 Å². The van der Waals surface area contributed by atoms with Crippen molar-refractivity contribution < 1.29 is 0 Å². The fourth-order valence-electron chi connectivity index (χ4n) is 1.08. The zero-order valence-electron chi connectivity index (χ0n) is 7.40. The molecule has 0 spiro atoms. The summed E-state index contributed by atoms with van der Waals surface area (Å²) in [6.07, 6.45) is 0. The van der Waals surface area contributed by atoms with Gasteiger partial charge in [-0.15, -0.1) is 0 Å². The summed E-state index contributed by atoms with van der Waals surface area (Å²) in [6, 6.07) is 12.7.